The second-order valence-electron chi connectivity index (χ2n) is 5.84. The highest BCUT2D eigenvalue weighted by Gasteiger charge is 2.38. The summed E-state index contributed by atoms with van der Waals surface area (Å²) >= 11 is 2.10. The normalized spacial score (nSPS) is 35.0. The van der Waals surface area contributed by atoms with Gasteiger partial charge in [0.25, 0.3) is 0 Å². The standard InChI is InChI=1S/C14H29N3S/c1-3-17-8-4-6-14(12-15,7-9-17)16(2)13-5-10-18-11-13/h13H,3-12,15H2,1-2H3. The fraction of sp³-hybridized carbons (Fsp3) is 1.00. The Morgan fingerprint density at radius 3 is 2.83 bits per heavy atom. The van der Waals surface area contributed by atoms with Gasteiger partial charge in [-0.05, 0) is 58.1 Å². The third kappa shape index (κ3) is 3.03. The third-order valence-corrected chi connectivity index (χ3v) is 6.18. The Labute approximate surface area is 116 Å². The zero-order valence-corrected chi connectivity index (χ0v) is 12.8. The predicted molar refractivity (Wildman–Crippen MR) is 81.2 cm³/mol. The maximum atomic E-state index is 6.20. The molecular formula is C14H29N3S. The lowest BCUT2D eigenvalue weighted by molar-refractivity contribution is 0.0725. The van der Waals surface area contributed by atoms with Gasteiger partial charge in [0, 0.05) is 23.9 Å². The summed E-state index contributed by atoms with van der Waals surface area (Å²) in [5, 5.41) is 0. The molecule has 0 aliphatic carbocycles. The van der Waals surface area contributed by atoms with E-state index >= 15 is 0 Å². The molecule has 0 aromatic carbocycles. The Bertz CT molecular complexity index is 255. The van der Waals surface area contributed by atoms with Gasteiger partial charge in [-0.3, -0.25) is 4.90 Å². The van der Waals surface area contributed by atoms with Gasteiger partial charge >= 0.3 is 0 Å². The first-order valence-electron chi connectivity index (χ1n) is 7.45. The minimum atomic E-state index is 0.263. The van der Waals surface area contributed by atoms with E-state index < -0.39 is 0 Å². The Morgan fingerprint density at radius 2 is 2.22 bits per heavy atom. The summed E-state index contributed by atoms with van der Waals surface area (Å²) in [6.07, 6.45) is 5.17. The Morgan fingerprint density at radius 1 is 1.39 bits per heavy atom. The third-order valence-electron chi connectivity index (χ3n) is 5.04. The lowest BCUT2D eigenvalue weighted by Gasteiger charge is -2.44. The van der Waals surface area contributed by atoms with Gasteiger partial charge in [0.2, 0.25) is 0 Å². The topological polar surface area (TPSA) is 32.5 Å². The number of hydrogen-bond acceptors (Lipinski definition) is 4. The lowest BCUT2D eigenvalue weighted by Crippen LogP contribution is -2.56. The number of likely N-dealkylation sites (N-methyl/N-ethyl adjacent to an activating group) is 1. The van der Waals surface area contributed by atoms with Crippen LogP contribution in [0.25, 0.3) is 0 Å². The monoisotopic (exact) mass is 271 g/mol. The number of nitrogens with zero attached hydrogens (tertiary/aromatic N) is 2. The van der Waals surface area contributed by atoms with Crippen LogP contribution in [0.3, 0.4) is 0 Å². The lowest BCUT2D eigenvalue weighted by atomic mass is 9.87. The van der Waals surface area contributed by atoms with Crippen LogP contribution in [0.4, 0.5) is 0 Å². The van der Waals surface area contributed by atoms with E-state index in [0.29, 0.717) is 0 Å². The fourth-order valence-electron chi connectivity index (χ4n) is 3.47. The summed E-state index contributed by atoms with van der Waals surface area (Å²) < 4.78 is 0. The van der Waals surface area contributed by atoms with Crippen molar-refractivity contribution in [3.05, 3.63) is 0 Å². The van der Waals surface area contributed by atoms with Gasteiger partial charge in [-0.25, -0.2) is 0 Å². The van der Waals surface area contributed by atoms with Crippen LogP contribution in [0.2, 0.25) is 0 Å². The molecule has 0 amide bonds. The molecule has 2 aliphatic heterocycles. The summed E-state index contributed by atoms with van der Waals surface area (Å²) in [7, 11) is 2.32. The number of rotatable bonds is 4. The minimum Gasteiger partial charge on any atom is -0.329 e. The molecule has 106 valence electrons. The SMILES string of the molecule is CCN1CCCC(CN)(N(C)C2CCSC2)CC1. The summed E-state index contributed by atoms with van der Waals surface area (Å²) in [5.41, 5.74) is 6.46. The van der Waals surface area contributed by atoms with Gasteiger partial charge < -0.3 is 10.6 Å². The predicted octanol–water partition coefficient (Wildman–Crippen LogP) is 1.63. The summed E-state index contributed by atoms with van der Waals surface area (Å²) in [6, 6.07) is 0.756. The molecule has 2 unspecified atom stereocenters. The Balaban J connectivity index is 2.03. The fourth-order valence-corrected chi connectivity index (χ4v) is 4.73. The van der Waals surface area contributed by atoms with E-state index in [-0.39, 0.29) is 5.54 Å². The van der Waals surface area contributed by atoms with E-state index in [1.807, 2.05) is 0 Å². The van der Waals surface area contributed by atoms with Crippen molar-refractivity contribution in [1.82, 2.24) is 9.80 Å². The van der Waals surface area contributed by atoms with Crippen molar-refractivity contribution in [3.63, 3.8) is 0 Å². The molecular weight excluding hydrogens is 242 g/mol. The molecule has 0 saturated carbocycles. The van der Waals surface area contributed by atoms with Gasteiger partial charge in [-0.2, -0.15) is 11.8 Å². The van der Waals surface area contributed by atoms with Crippen molar-refractivity contribution in [1.29, 1.82) is 0 Å². The molecule has 2 N–H and O–H groups in total. The Hall–Kier alpha value is 0.230. The minimum absolute atomic E-state index is 0.263. The maximum Gasteiger partial charge on any atom is 0.0344 e. The quantitative estimate of drug-likeness (QED) is 0.842. The number of thioether (sulfide) groups is 1. The van der Waals surface area contributed by atoms with Crippen molar-refractivity contribution in [2.75, 3.05) is 44.7 Å². The van der Waals surface area contributed by atoms with E-state index in [9.17, 15) is 0 Å². The van der Waals surface area contributed by atoms with Crippen molar-refractivity contribution in [3.8, 4) is 0 Å². The average molecular weight is 271 g/mol. The number of hydrogen-bond donors (Lipinski definition) is 1. The van der Waals surface area contributed by atoms with Crippen LogP contribution >= 0.6 is 11.8 Å². The highest BCUT2D eigenvalue weighted by molar-refractivity contribution is 7.99. The van der Waals surface area contributed by atoms with Crippen LogP contribution < -0.4 is 5.73 Å². The second-order valence-corrected chi connectivity index (χ2v) is 6.99. The molecule has 3 nitrogen and oxygen atoms in total. The molecule has 0 aromatic rings. The van der Waals surface area contributed by atoms with Crippen molar-refractivity contribution < 1.29 is 0 Å². The van der Waals surface area contributed by atoms with Gasteiger partial charge in [0.15, 0.2) is 0 Å². The zero-order valence-electron chi connectivity index (χ0n) is 12.0. The highest BCUT2D eigenvalue weighted by atomic mass is 32.2. The Kier molecular flexibility index (Phi) is 5.36. The van der Waals surface area contributed by atoms with E-state index in [1.165, 1.54) is 56.8 Å². The molecule has 2 heterocycles. The largest absolute Gasteiger partial charge is 0.329 e. The van der Waals surface area contributed by atoms with Crippen LogP contribution in [0.1, 0.15) is 32.6 Å². The smallest absolute Gasteiger partial charge is 0.0344 e. The van der Waals surface area contributed by atoms with E-state index in [1.54, 1.807) is 0 Å². The first kappa shape index (κ1) is 14.6. The number of likely N-dealkylation sites (tertiary alicyclic amines) is 1. The average Bonchev–Trinajstić information content (AvgIpc) is 2.84. The summed E-state index contributed by atoms with van der Waals surface area (Å²) in [5.74, 6) is 2.63. The summed E-state index contributed by atoms with van der Waals surface area (Å²) in [4.78, 5) is 5.22. The van der Waals surface area contributed by atoms with Crippen LogP contribution in [0.15, 0.2) is 0 Å². The number of nitrogens with two attached hydrogens (primary N) is 1. The van der Waals surface area contributed by atoms with Crippen LogP contribution in [0, 0.1) is 0 Å². The maximum absolute atomic E-state index is 6.20. The van der Waals surface area contributed by atoms with Crippen LogP contribution in [0.5, 0.6) is 0 Å². The van der Waals surface area contributed by atoms with Crippen molar-refractivity contribution in [2.24, 2.45) is 5.73 Å². The molecule has 0 bridgehead atoms. The van der Waals surface area contributed by atoms with Crippen LogP contribution in [-0.4, -0.2) is 66.1 Å². The molecule has 2 atom stereocenters. The molecule has 0 aromatic heterocycles. The first-order valence-corrected chi connectivity index (χ1v) is 8.60. The van der Waals surface area contributed by atoms with E-state index in [4.69, 9.17) is 5.73 Å². The molecule has 2 fully saturated rings. The second kappa shape index (κ2) is 6.60. The van der Waals surface area contributed by atoms with E-state index in [0.717, 1.165) is 12.6 Å². The van der Waals surface area contributed by atoms with Gasteiger partial charge in [0.1, 0.15) is 0 Å². The van der Waals surface area contributed by atoms with Gasteiger partial charge in [0.05, 0.1) is 0 Å². The first-order chi connectivity index (χ1) is 8.72. The van der Waals surface area contributed by atoms with Crippen LogP contribution in [-0.2, 0) is 0 Å². The molecule has 4 heteroatoms. The van der Waals surface area contributed by atoms with Gasteiger partial charge in [-0.1, -0.05) is 6.92 Å². The molecule has 2 aliphatic rings. The van der Waals surface area contributed by atoms with Crippen molar-refractivity contribution in [2.45, 2.75) is 44.2 Å². The molecule has 2 rings (SSSR count). The van der Waals surface area contributed by atoms with Gasteiger partial charge in [-0.15, -0.1) is 0 Å². The van der Waals surface area contributed by atoms with Crippen molar-refractivity contribution >= 4 is 11.8 Å². The van der Waals surface area contributed by atoms with E-state index in [2.05, 4.69) is 35.5 Å². The molecule has 18 heavy (non-hydrogen) atoms. The molecule has 0 radical (unpaired) electrons. The highest BCUT2D eigenvalue weighted by Crippen LogP contribution is 2.33. The molecule has 0 spiro atoms. The zero-order chi connectivity index (χ0) is 13.0. The molecule has 2 saturated heterocycles. The summed E-state index contributed by atoms with van der Waals surface area (Å²) in [6.45, 7) is 6.75.